The standard InChI is InChI=1S/C14H17BrO/c15-13-7-6-11(10-4-5-10)9-12(13)14-3-1-2-8-16-14/h6-7,9-10,14H,1-5,8H2. The Morgan fingerprint density at radius 3 is 2.69 bits per heavy atom. The summed E-state index contributed by atoms with van der Waals surface area (Å²) in [4.78, 5) is 0. The molecule has 1 aliphatic carbocycles. The van der Waals surface area contributed by atoms with Crippen LogP contribution < -0.4 is 0 Å². The number of rotatable bonds is 2. The summed E-state index contributed by atoms with van der Waals surface area (Å²) in [5.74, 6) is 0.829. The predicted molar refractivity (Wildman–Crippen MR) is 68.7 cm³/mol. The second-order valence-corrected chi connectivity index (χ2v) is 5.76. The molecule has 86 valence electrons. The van der Waals surface area contributed by atoms with Crippen molar-refractivity contribution in [2.75, 3.05) is 6.61 Å². The van der Waals surface area contributed by atoms with E-state index in [1.165, 1.54) is 47.7 Å². The topological polar surface area (TPSA) is 9.23 Å². The second kappa shape index (κ2) is 4.50. The lowest BCUT2D eigenvalue weighted by Gasteiger charge is -2.24. The van der Waals surface area contributed by atoms with Crippen LogP contribution in [0, 0.1) is 0 Å². The SMILES string of the molecule is Brc1ccc(C2CC2)cc1C1CCCCO1. The molecule has 2 fully saturated rings. The molecule has 1 aromatic rings. The Balaban J connectivity index is 1.88. The van der Waals surface area contributed by atoms with E-state index in [4.69, 9.17) is 4.74 Å². The molecule has 0 aromatic heterocycles. The van der Waals surface area contributed by atoms with Gasteiger partial charge in [0.1, 0.15) is 0 Å². The number of hydrogen-bond donors (Lipinski definition) is 0. The Morgan fingerprint density at radius 1 is 1.12 bits per heavy atom. The van der Waals surface area contributed by atoms with E-state index in [1.54, 1.807) is 0 Å². The minimum Gasteiger partial charge on any atom is -0.373 e. The maximum absolute atomic E-state index is 5.87. The van der Waals surface area contributed by atoms with Gasteiger partial charge in [-0.2, -0.15) is 0 Å². The number of halogens is 1. The van der Waals surface area contributed by atoms with Gasteiger partial charge >= 0.3 is 0 Å². The molecule has 1 atom stereocenters. The van der Waals surface area contributed by atoms with Crippen molar-refractivity contribution in [2.24, 2.45) is 0 Å². The summed E-state index contributed by atoms with van der Waals surface area (Å²) < 4.78 is 7.08. The summed E-state index contributed by atoms with van der Waals surface area (Å²) in [7, 11) is 0. The molecule has 2 aliphatic rings. The smallest absolute Gasteiger partial charge is 0.0835 e. The molecule has 0 amide bonds. The van der Waals surface area contributed by atoms with E-state index in [1.807, 2.05) is 0 Å². The van der Waals surface area contributed by atoms with Gasteiger partial charge < -0.3 is 4.74 Å². The van der Waals surface area contributed by atoms with Crippen molar-refractivity contribution < 1.29 is 4.74 Å². The molecule has 1 saturated carbocycles. The van der Waals surface area contributed by atoms with Crippen LogP contribution in [0.5, 0.6) is 0 Å². The van der Waals surface area contributed by atoms with Crippen molar-refractivity contribution >= 4 is 15.9 Å². The quantitative estimate of drug-likeness (QED) is 0.771. The molecule has 1 aromatic carbocycles. The van der Waals surface area contributed by atoms with E-state index in [2.05, 4.69) is 34.1 Å². The van der Waals surface area contributed by atoms with Crippen LogP contribution in [-0.4, -0.2) is 6.61 Å². The van der Waals surface area contributed by atoms with Crippen molar-refractivity contribution in [3.8, 4) is 0 Å². The number of hydrogen-bond acceptors (Lipinski definition) is 1. The van der Waals surface area contributed by atoms with Gasteiger partial charge in [-0.1, -0.05) is 28.1 Å². The summed E-state index contributed by atoms with van der Waals surface area (Å²) in [5, 5.41) is 0. The minimum absolute atomic E-state index is 0.321. The third-order valence-corrected chi connectivity index (χ3v) is 4.32. The number of benzene rings is 1. The van der Waals surface area contributed by atoms with Gasteiger partial charge in [0.15, 0.2) is 0 Å². The summed E-state index contributed by atoms with van der Waals surface area (Å²) in [6.45, 7) is 0.921. The van der Waals surface area contributed by atoms with Crippen LogP contribution in [0.2, 0.25) is 0 Å². The van der Waals surface area contributed by atoms with E-state index < -0.39 is 0 Å². The molecule has 0 bridgehead atoms. The molecule has 1 unspecified atom stereocenters. The van der Waals surface area contributed by atoms with Crippen LogP contribution in [0.4, 0.5) is 0 Å². The highest BCUT2D eigenvalue weighted by molar-refractivity contribution is 9.10. The molecule has 2 heteroatoms. The molecule has 1 saturated heterocycles. The predicted octanol–water partition coefficient (Wildman–Crippen LogP) is 4.57. The molecule has 3 rings (SSSR count). The van der Waals surface area contributed by atoms with Crippen LogP contribution in [0.3, 0.4) is 0 Å². The Bertz CT molecular complexity index is 378. The first-order valence-corrected chi connectivity index (χ1v) is 7.05. The van der Waals surface area contributed by atoms with E-state index in [9.17, 15) is 0 Å². The third-order valence-electron chi connectivity index (χ3n) is 3.60. The highest BCUT2D eigenvalue weighted by Crippen LogP contribution is 2.42. The van der Waals surface area contributed by atoms with E-state index in [-0.39, 0.29) is 0 Å². The van der Waals surface area contributed by atoms with Crippen molar-refractivity contribution in [1.29, 1.82) is 0 Å². The van der Waals surface area contributed by atoms with Gasteiger partial charge in [0, 0.05) is 11.1 Å². The van der Waals surface area contributed by atoms with Gasteiger partial charge in [0.25, 0.3) is 0 Å². The maximum Gasteiger partial charge on any atom is 0.0835 e. The van der Waals surface area contributed by atoms with Gasteiger partial charge in [-0.05, 0) is 55.2 Å². The summed E-state index contributed by atoms with van der Waals surface area (Å²) in [6.07, 6.45) is 6.74. The summed E-state index contributed by atoms with van der Waals surface area (Å²) in [5.41, 5.74) is 2.87. The lowest BCUT2D eigenvalue weighted by atomic mass is 9.98. The molecule has 1 nitrogen and oxygen atoms in total. The number of ether oxygens (including phenoxy) is 1. The average molecular weight is 281 g/mol. The fraction of sp³-hybridized carbons (Fsp3) is 0.571. The highest BCUT2D eigenvalue weighted by atomic mass is 79.9. The zero-order chi connectivity index (χ0) is 11.0. The Hall–Kier alpha value is -0.340. The molecule has 1 aliphatic heterocycles. The summed E-state index contributed by atoms with van der Waals surface area (Å²) >= 11 is 3.66. The first kappa shape index (κ1) is 10.8. The Labute approximate surface area is 105 Å². The largest absolute Gasteiger partial charge is 0.373 e. The summed E-state index contributed by atoms with van der Waals surface area (Å²) in [6, 6.07) is 6.81. The first-order chi connectivity index (χ1) is 7.84. The van der Waals surface area contributed by atoms with Crippen LogP contribution >= 0.6 is 15.9 Å². The Morgan fingerprint density at radius 2 is 2.00 bits per heavy atom. The van der Waals surface area contributed by atoms with Gasteiger partial charge in [-0.15, -0.1) is 0 Å². The van der Waals surface area contributed by atoms with Crippen molar-refractivity contribution in [1.82, 2.24) is 0 Å². The Kier molecular flexibility index (Phi) is 3.03. The van der Waals surface area contributed by atoms with Crippen LogP contribution in [-0.2, 0) is 4.74 Å². The molecule has 1 heterocycles. The highest BCUT2D eigenvalue weighted by Gasteiger charge is 2.26. The van der Waals surface area contributed by atoms with Crippen molar-refractivity contribution in [2.45, 2.75) is 44.1 Å². The van der Waals surface area contributed by atoms with Crippen molar-refractivity contribution in [3.63, 3.8) is 0 Å². The molecule has 0 N–H and O–H groups in total. The minimum atomic E-state index is 0.321. The van der Waals surface area contributed by atoms with Crippen LogP contribution in [0.1, 0.15) is 55.3 Å². The van der Waals surface area contributed by atoms with E-state index >= 15 is 0 Å². The molecular formula is C14H17BrO. The molecule has 16 heavy (non-hydrogen) atoms. The fourth-order valence-electron chi connectivity index (χ4n) is 2.47. The van der Waals surface area contributed by atoms with Crippen molar-refractivity contribution in [3.05, 3.63) is 33.8 Å². The van der Waals surface area contributed by atoms with Crippen LogP contribution in [0.25, 0.3) is 0 Å². The lowest BCUT2D eigenvalue weighted by molar-refractivity contribution is 0.0145. The first-order valence-electron chi connectivity index (χ1n) is 6.25. The lowest BCUT2D eigenvalue weighted by Crippen LogP contribution is -2.12. The molecule has 0 spiro atoms. The van der Waals surface area contributed by atoms with E-state index in [0.717, 1.165) is 12.5 Å². The molecular weight excluding hydrogens is 264 g/mol. The monoisotopic (exact) mass is 280 g/mol. The second-order valence-electron chi connectivity index (χ2n) is 4.91. The van der Waals surface area contributed by atoms with Gasteiger partial charge in [-0.25, -0.2) is 0 Å². The maximum atomic E-state index is 5.87. The van der Waals surface area contributed by atoms with Gasteiger partial charge in [0.05, 0.1) is 6.10 Å². The zero-order valence-corrected chi connectivity index (χ0v) is 11.0. The van der Waals surface area contributed by atoms with Gasteiger partial charge in [-0.3, -0.25) is 0 Å². The van der Waals surface area contributed by atoms with Crippen LogP contribution in [0.15, 0.2) is 22.7 Å². The van der Waals surface area contributed by atoms with E-state index in [0.29, 0.717) is 6.10 Å². The average Bonchev–Trinajstić information content (AvgIpc) is 3.15. The van der Waals surface area contributed by atoms with Gasteiger partial charge in [0.2, 0.25) is 0 Å². The third kappa shape index (κ3) is 2.18. The zero-order valence-electron chi connectivity index (χ0n) is 9.42. The normalized spacial score (nSPS) is 25.7. The molecule has 0 radical (unpaired) electrons. The fourth-order valence-corrected chi connectivity index (χ4v) is 2.97.